The van der Waals surface area contributed by atoms with Gasteiger partial charge in [0.2, 0.25) is 0 Å². The first-order valence-corrected chi connectivity index (χ1v) is 4.34. The van der Waals surface area contributed by atoms with Gasteiger partial charge in [-0.1, -0.05) is 6.08 Å². The third kappa shape index (κ3) is 2.31. The van der Waals surface area contributed by atoms with Gasteiger partial charge in [0.25, 0.3) is 0 Å². The molecule has 64 valence electrons. The van der Waals surface area contributed by atoms with Crippen LogP contribution in [0, 0.1) is 0 Å². The molecule has 1 N–H and O–H groups in total. The summed E-state index contributed by atoms with van der Waals surface area (Å²) in [7, 11) is 0. The number of piperazine rings is 1. The van der Waals surface area contributed by atoms with Crippen LogP contribution >= 0.6 is 0 Å². The van der Waals surface area contributed by atoms with Crippen LogP contribution in [0.1, 0.15) is 13.8 Å². The molecule has 0 aromatic carbocycles. The van der Waals surface area contributed by atoms with E-state index in [2.05, 4.69) is 30.6 Å². The fourth-order valence-electron chi connectivity index (χ4n) is 1.48. The van der Waals surface area contributed by atoms with E-state index in [0.717, 1.165) is 19.6 Å². The first kappa shape index (κ1) is 8.75. The van der Waals surface area contributed by atoms with Crippen molar-refractivity contribution in [2.45, 2.75) is 25.9 Å². The highest BCUT2D eigenvalue weighted by Crippen LogP contribution is 2.04. The maximum Gasteiger partial charge on any atom is 0.0248 e. The van der Waals surface area contributed by atoms with E-state index >= 15 is 0 Å². The number of rotatable bonds is 2. The van der Waals surface area contributed by atoms with Gasteiger partial charge < -0.3 is 5.32 Å². The second-order valence-corrected chi connectivity index (χ2v) is 3.33. The highest BCUT2D eigenvalue weighted by Gasteiger charge is 2.17. The Kier molecular flexibility index (Phi) is 3.09. The van der Waals surface area contributed by atoms with Gasteiger partial charge in [0, 0.05) is 31.7 Å². The molecular weight excluding hydrogens is 136 g/mol. The zero-order valence-corrected chi connectivity index (χ0v) is 7.51. The third-order valence-corrected chi connectivity index (χ3v) is 2.32. The van der Waals surface area contributed by atoms with Gasteiger partial charge in [-0.25, -0.2) is 0 Å². The Morgan fingerprint density at radius 2 is 2.45 bits per heavy atom. The summed E-state index contributed by atoms with van der Waals surface area (Å²) in [6.45, 7) is 11.6. The SMILES string of the molecule is C=CC(C)N1CCN[C@H](C)C1. The van der Waals surface area contributed by atoms with Crippen LogP contribution in [0.25, 0.3) is 0 Å². The first-order valence-electron chi connectivity index (χ1n) is 4.34. The van der Waals surface area contributed by atoms with Crippen LogP contribution in [0.15, 0.2) is 12.7 Å². The molecule has 11 heavy (non-hydrogen) atoms. The third-order valence-electron chi connectivity index (χ3n) is 2.32. The van der Waals surface area contributed by atoms with Gasteiger partial charge in [0.15, 0.2) is 0 Å². The van der Waals surface area contributed by atoms with Gasteiger partial charge in [0.1, 0.15) is 0 Å². The number of hydrogen-bond donors (Lipinski definition) is 1. The average Bonchev–Trinajstić information content (AvgIpc) is 2.03. The lowest BCUT2D eigenvalue weighted by Gasteiger charge is -2.34. The number of hydrogen-bond acceptors (Lipinski definition) is 2. The highest BCUT2D eigenvalue weighted by molar-refractivity contribution is 4.88. The van der Waals surface area contributed by atoms with Crippen LogP contribution < -0.4 is 5.32 Å². The Hall–Kier alpha value is -0.340. The van der Waals surface area contributed by atoms with Crippen LogP contribution in [0.5, 0.6) is 0 Å². The molecule has 1 fully saturated rings. The lowest BCUT2D eigenvalue weighted by Crippen LogP contribution is -2.51. The molecule has 2 nitrogen and oxygen atoms in total. The largest absolute Gasteiger partial charge is 0.312 e. The molecule has 0 amide bonds. The molecule has 1 aliphatic rings. The lowest BCUT2D eigenvalue weighted by atomic mass is 10.2. The molecule has 1 unspecified atom stereocenters. The molecule has 0 saturated carbocycles. The summed E-state index contributed by atoms with van der Waals surface area (Å²) in [4.78, 5) is 2.45. The van der Waals surface area contributed by atoms with Crippen molar-refractivity contribution in [1.82, 2.24) is 10.2 Å². The predicted molar refractivity (Wildman–Crippen MR) is 48.7 cm³/mol. The fourth-order valence-corrected chi connectivity index (χ4v) is 1.48. The van der Waals surface area contributed by atoms with Gasteiger partial charge in [-0.15, -0.1) is 6.58 Å². The van der Waals surface area contributed by atoms with Crippen molar-refractivity contribution < 1.29 is 0 Å². The maximum absolute atomic E-state index is 3.80. The van der Waals surface area contributed by atoms with E-state index in [9.17, 15) is 0 Å². The Morgan fingerprint density at radius 1 is 1.73 bits per heavy atom. The van der Waals surface area contributed by atoms with Crippen molar-refractivity contribution in [3.8, 4) is 0 Å². The van der Waals surface area contributed by atoms with Gasteiger partial charge in [-0.2, -0.15) is 0 Å². The second-order valence-electron chi connectivity index (χ2n) is 3.33. The van der Waals surface area contributed by atoms with E-state index in [1.54, 1.807) is 0 Å². The molecule has 0 spiro atoms. The Bertz CT molecular complexity index is 134. The van der Waals surface area contributed by atoms with E-state index in [-0.39, 0.29) is 0 Å². The van der Waals surface area contributed by atoms with Crippen LogP contribution in [0.2, 0.25) is 0 Å². The van der Waals surface area contributed by atoms with Crippen LogP contribution in [0.4, 0.5) is 0 Å². The van der Waals surface area contributed by atoms with Crippen molar-refractivity contribution in [2.75, 3.05) is 19.6 Å². The molecule has 1 aliphatic heterocycles. The van der Waals surface area contributed by atoms with Crippen LogP contribution in [0.3, 0.4) is 0 Å². The molecule has 2 atom stereocenters. The van der Waals surface area contributed by atoms with Crippen molar-refractivity contribution in [1.29, 1.82) is 0 Å². The maximum atomic E-state index is 3.80. The van der Waals surface area contributed by atoms with Gasteiger partial charge >= 0.3 is 0 Å². The van der Waals surface area contributed by atoms with E-state index in [1.807, 2.05) is 6.08 Å². The Morgan fingerprint density at radius 3 is 3.00 bits per heavy atom. The summed E-state index contributed by atoms with van der Waals surface area (Å²) >= 11 is 0. The van der Waals surface area contributed by atoms with Gasteiger partial charge in [0.05, 0.1) is 0 Å². The summed E-state index contributed by atoms with van der Waals surface area (Å²) < 4.78 is 0. The molecule has 0 aromatic rings. The Labute approximate surface area is 69.3 Å². The average molecular weight is 154 g/mol. The van der Waals surface area contributed by atoms with Crippen molar-refractivity contribution in [3.05, 3.63) is 12.7 Å². The minimum Gasteiger partial charge on any atom is -0.312 e. The smallest absolute Gasteiger partial charge is 0.0248 e. The van der Waals surface area contributed by atoms with Gasteiger partial charge in [-0.05, 0) is 13.8 Å². The van der Waals surface area contributed by atoms with E-state index in [4.69, 9.17) is 0 Å². The zero-order chi connectivity index (χ0) is 8.27. The molecule has 0 aromatic heterocycles. The fraction of sp³-hybridized carbons (Fsp3) is 0.778. The monoisotopic (exact) mass is 154 g/mol. The standard InChI is InChI=1S/C9H18N2/c1-4-9(3)11-6-5-10-8(2)7-11/h4,8-10H,1,5-7H2,2-3H3/t8-,9?/m1/s1. The summed E-state index contributed by atoms with van der Waals surface area (Å²) in [5.74, 6) is 0. The minimum atomic E-state index is 0.527. The Balaban J connectivity index is 2.38. The summed E-state index contributed by atoms with van der Waals surface area (Å²) in [6, 6.07) is 1.16. The zero-order valence-electron chi connectivity index (χ0n) is 7.51. The predicted octanol–water partition coefficient (Wildman–Crippen LogP) is 0.855. The topological polar surface area (TPSA) is 15.3 Å². The van der Waals surface area contributed by atoms with Crippen LogP contribution in [-0.2, 0) is 0 Å². The quantitative estimate of drug-likeness (QED) is 0.593. The number of nitrogens with one attached hydrogen (secondary N) is 1. The molecule has 0 bridgehead atoms. The summed E-state index contributed by atoms with van der Waals surface area (Å²) in [5, 5.41) is 3.41. The van der Waals surface area contributed by atoms with E-state index < -0.39 is 0 Å². The highest BCUT2D eigenvalue weighted by atomic mass is 15.2. The summed E-state index contributed by atoms with van der Waals surface area (Å²) in [5.41, 5.74) is 0. The molecule has 0 radical (unpaired) electrons. The second kappa shape index (κ2) is 3.88. The van der Waals surface area contributed by atoms with E-state index in [1.165, 1.54) is 0 Å². The molecule has 1 rings (SSSR count). The molecular formula is C9H18N2. The van der Waals surface area contributed by atoms with Crippen molar-refractivity contribution in [2.24, 2.45) is 0 Å². The molecule has 1 heterocycles. The first-order chi connectivity index (χ1) is 5.24. The number of nitrogens with zero attached hydrogens (tertiary/aromatic N) is 1. The molecule has 2 heteroatoms. The summed E-state index contributed by atoms with van der Waals surface area (Å²) in [6.07, 6.45) is 2.01. The molecule has 1 saturated heterocycles. The van der Waals surface area contributed by atoms with Crippen molar-refractivity contribution >= 4 is 0 Å². The van der Waals surface area contributed by atoms with Crippen molar-refractivity contribution in [3.63, 3.8) is 0 Å². The van der Waals surface area contributed by atoms with Crippen LogP contribution in [-0.4, -0.2) is 36.6 Å². The van der Waals surface area contributed by atoms with Gasteiger partial charge in [-0.3, -0.25) is 4.90 Å². The van der Waals surface area contributed by atoms with E-state index in [0.29, 0.717) is 12.1 Å². The molecule has 0 aliphatic carbocycles. The normalized spacial score (nSPS) is 29.8. The lowest BCUT2D eigenvalue weighted by molar-refractivity contribution is 0.182. The minimum absolute atomic E-state index is 0.527.